The van der Waals surface area contributed by atoms with E-state index in [1.54, 1.807) is 0 Å². The summed E-state index contributed by atoms with van der Waals surface area (Å²) in [6.07, 6.45) is 5.51. The van der Waals surface area contributed by atoms with Crippen molar-refractivity contribution in [3.8, 4) is 0 Å². The number of rotatable bonds is 9. The quantitative estimate of drug-likeness (QED) is 0.533. The number of hydrogen-bond donors (Lipinski definition) is 0. The van der Waals surface area contributed by atoms with Gasteiger partial charge in [0, 0.05) is 12.3 Å². The Balaban J connectivity index is 3.81. The van der Waals surface area contributed by atoms with E-state index in [-0.39, 0.29) is 0 Å². The van der Waals surface area contributed by atoms with Gasteiger partial charge < -0.3 is 4.74 Å². The standard InChI is InChI=1S/C12H28OSi/c1-5-8-10-14(11-9-6-2)12(4)13-7-3/h12,14H,5-11H2,1-4H3. The summed E-state index contributed by atoms with van der Waals surface area (Å²) in [4.78, 5) is 0. The third kappa shape index (κ3) is 6.60. The second-order valence-corrected chi connectivity index (χ2v) is 7.82. The van der Waals surface area contributed by atoms with Crippen LogP contribution in [0.25, 0.3) is 0 Å². The molecule has 0 spiro atoms. The Morgan fingerprint density at radius 1 is 1.00 bits per heavy atom. The fourth-order valence-electron chi connectivity index (χ4n) is 1.95. The topological polar surface area (TPSA) is 9.23 Å². The molecule has 0 aliphatic carbocycles. The van der Waals surface area contributed by atoms with Crippen LogP contribution in [0.4, 0.5) is 0 Å². The molecule has 0 fully saturated rings. The molecule has 0 N–H and O–H groups in total. The summed E-state index contributed by atoms with van der Waals surface area (Å²) in [5.41, 5.74) is 0.595. The second kappa shape index (κ2) is 9.72. The lowest BCUT2D eigenvalue weighted by atomic mass is 10.4. The Kier molecular flexibility index (Phi) is 9.84. The summed E-state index contributed by atoms with van der Waals surface area (Å²) in [5, 5.41) is 0. The van der Waals surface area contributed by atoms with Gasteiger partial charge in [-0.05, 0) is 13.8 Å². The van der Waals surface area contributed by atoms with Gasteiger partial charge in [0.25, 0.3) is 0 Å². The van der Waals surface area contributed by atoms with E-state index in [9.17, 15) is 0 Å². The van der Waals surface area contributed by atoms with Crippen LogP contribution in [0.5, 0.6) is 0 Å². The van der Waals surface area contributed by atoms with Gasteiger partial charge in [0.05, 0.1) is 8.80 Å². The van der Waals surface area contributed by atoms with Gasteiger partial charge in [-0.15, -0.1) is 0 Å². The van der Waals surface area contributed by atoms with Crippen molar-refractivity contribution in [1.29, 1.82) is 0 Å². The van der Waals surface area contributed by atoms with E-state index in [1.807, 2.05) is 0 Å². The molecule has 1 nitrogen and oxygen atoms in total. The lowest BCUT2D eigenvalue weighted by molar-refractivity contribution is 0.125. The van der Waals surface area contributed by atoms with Crippen molar-refractivity contribution in [2.24, 2.45) is 0 Å². The third-order valence-electron chi connectivity index (χ3n) is 2.95. The van der Waals surface area contributed by atoms with E-state index in [4.69, 9.17) is 4.74 Å². The van der Waals surface area contributed by atoms with E-state index >= 15 is 0 Å². The predicted molar refractivity (Wildman–Crippen MR) is 67.7 cm³/mol. The summed E-state index contributed by atoms with van der Waals surface area (Å²) in [5.74, 6) is 0. The first-order valence-corrected chi connectivity index (χ1v) is 8.67. The fraction of sp³-hybridized carbons (Fsp3) is 1.00. The Morgan fingerprint density at radius 2 is 1.50 bits per heavy atom. The highest BCUT2D eigenvalue weighted by Crippen LogP contribution is 2.15. The van der Waals surface area contributed by atoms with Crippen molar-refractivity contribution in [2.75, 3.05) is 6.61 Å². The molecule has 0 rings (SSSR count). The minimum Gasteiger partial charge on any atom is -0.383 e. The molecule has 1 atom stereocenters. The van der Waals surface area contributed by atoms with E-state index in [1.165, 1.54) is 37.8 Å². The molecule has 0 bridgehead atoms. The molecule has 1 unspecified atom stereocenters. The van der Waals surface area contributed by atoms with Crippen LogP contribution in [0.2, 0.25) is 12.1 Å². The average molecular weight is 216 g/mol. The van der Waals surface area contributed by atoms with E-state index in [0.717, 1.165) is 6.61 Å². The van der Waals surface area contributed by atoms with Crippen LogP contribution >= 0.6 is 0 Å². The summed E-state index contributed by atoms with van der Waals surface area (Å²) in [6.45, 7) is 9.88. The zero-order chi connectivity index (χ0) is 10.8. The number of hydrogen-bond acceptors (Lipinski definition) is 1. The maximum absolute atomic E-state index is 5.76. The average Bonchev–Trinajstić information content (AvgIpc) is 2.18. The van der Waals surface area contributed by atoms with Gasteiger partial charge in [-0.2, -0.15) is 0 Å². The lowest BCUT2D eigenvalue weighted by Crippen LogP contribution is -2.30. The molecule has 0 heterocycles. The molecule has 0 radical (unpaired) electrons. The minimum atomic E-state index is -0.603. The highest BCUT2D eigenvalue weighted by molar-refractivity contribution is 6.60. The summed E-state index contributed by atoms with van der Waals surface area (Å²) >= 11 is 0. The largest absolute Gasteiger partial charge is 0.383 e. The van der Waals surface area contributed by atoms with Gasteiger partial charge in [-0.3, -0.25) is 0 Å². The molecule has 0 aromatic rings. The number of ether oxygens (including phenoxy) is 1. The van der Waals surface area contributed by atoms with Gasteiger partial charge in [-0.1, -0.05) is 51.6 Å². The van der Waals surface area contributed by atoms with Crippen LogP contribution in [-0.2, 0) is 4.74 Å². The van der Waals surface area contributed by atoms with Gasteiger partial charge in [0.1, 0.15) is 0 Å². The molecular formula is C12H28OSi. The first-order chi connectivity index (χ1) is 6.76. The van der Waals surface area contributed by atoms with Crippen LogP contribution in [0, 0.1) is 0 Å². The van der Waals surface area contributed by atoms with E-state index < -0.39 is 8.80 Å². The van der Waals surface area contributed by atoms with Gasteiger partial charge >= 0.3 is 0 Å². The molecule has 86 valence electrons. The minimum absolute atomic E-state index is 0.595. The first-order valence-electron chi connectivity index (χ1n) is 6.37. The Morgan fingerprint density at radius 3 is 1.86 bits per heavy atom. The monoisotopic (exact) mass is 216 g/mol. The molecule has 0 aliphatic heterocycles. The van der Waals surface area contributed by atoms with Crippen LogP contribution in [0.1, 0.15) is 53.4 Å². The molecule has 0 aliphatic rings. The highest BCUT2D eigenvalue weighted by atomic mass is 28.3. The van der Waals surface area contributed by atoms with Crippen molar-refractivity contribution in [2.45, 2.75) is 71.2 Å². The summed E-state index contributed by atoms with van der Waals surface area (Å²) in [7, 11) is -0.603. The van der Waals surface area contributed by atoms with Crippen molar-refractivity contribution >= 4 is 8.80 Å². The highest BCUT2D eigenvalue weighted by Gasteiger charge is 2.17. The molecule has 0 saturated carbocycles. The van der Waals surface area contributed by atoms with E-state index in [0.29, 0.717) is 5.73 Å². The SMILES string of the molecule is CCCC[SiH](CCCC)C(C)OCC. The van der Waals surface area contributed by atoms with Gasteiger partial charge in [-0.25, -0.2) is 0 Å². The first kappa shape index (κ1) is 14.2. The van der Waals surface area contributed by atoms with Crippen molar-refractivity contribution < 1.29 is 4.74 Å². The molecule has 14 heavy (non-hydrogen) atoms. The predicted octanol–water partition coefficient (Wildman–Crippen LogP) is 3.78. The van der Waals surface area contributed by atoms with Crippen molar-refractivity contribution in [3.63, 3.8) is 0 Å². The molecular weight excluding hydrogens is 188 g/mol. The van der Waals surface area contributed by atoms with Crippen molar-refractivity contribution in [3.05, 3.63) is 0 Å². The molecule has 0 saturated heterocycles. The van der Waals surface area contributed by atoms with Gasteiger partial charge in [0.2, 0.25) is 0 Å². The zero-order valence-corrected chi connectivity index (χ0v) is 11.7. The zero-order valence-electron chi connectivity index (χ0n) is 10.5. The normalized spacial score (nSPS) is 13.5. The van der Waals surface area contributed by atoms with Crippen LogP contribution in [-0.4, -0.2) is 21.1 Å². The molecule has 2 heteroatoms. The molecule has 0 aromatic heterocycles. The Labute approximate surface area is 91.8 Å². The maximum Gasteiger partial charge on any atom is 0.0713 e. The Hall–Kier alpha value is 0.177. The summed E-state index contributed by atoms with van der Waals surface area (Å²) in [6, 6.07) is 2.97. The summed E-state index contributed by atoms with van der Waals surface area (Å²) < 4.78 is 5.76. The van der Waals surface area contributed by atoms with E-state index in [2.05, 4.69) is 27.7 Å². The van der Waals surface area contributed by atoms with Crippen LogP contribution < -0.4 is 0 Å². The second-order valence-electron chi connectivity index (χ2n) is 4.20. The Bertz CT molecular complexity index is 109. The molecule has 0 amide bonds. The lowest BCUT2D eigenvalue weighted by Gasteiger charge is -2.22. The third-order valence-corrected chi connectivity index (χ3v) is 6.77. The molecule has 0 aromatic carbocycles. The smallest absolute Gasteiger partial charge is 0.0713 e. The fourth-order valence-corrected chi connectivity index (χ4v) is 5.50. The van der Waals surface area contributed by atoms with Crippen molar-refractivity contribution in [1.82, 2.24) is 0 Å². The van der Waals surface area contributed by atoms with Gasteiger partial charge in [0.15, 0.2) is 0 Å². The van der Waals surface area contributed by atoms with Crippen LogP contribution in [0.3, 0.4) is 0 Å². The number of unbranched alkanes of at least 4 members (excludes halogenated alkanes) is 2. The van der Waals surface area contributed by atoms with Crippen LogP contribution in [0.15, 0.2) is 0 Å². The maximum atomic E-state index is 5.76.